The van der Waals surface area contributed by atoms with Crippen LogP contribution in [0.25, 0.3) is 64.6 Å². The van der Waals surface area contributed by atoms with Crippen molar-refractivity contribution in [2.24, 2.45) is 0 Å². The summed E-state index contributed by atoms with van der Waals surface area (Å²) in [6.45, 7) is -6.12. The quantitative estimate of drug-likeness (QED) is 0.104. The molecule has 30 heteroatoms. The normalized spacial score (nSPS) is 13.1. The molecule has 0 aliphatic heterocycles. The molecule has 0 aliphatic rings. The minimum absolute atomic E-state index is 0. The smallest absolute Gasteiger partial charge is 0.859 e. The topological polar surface area (TPSA) is 185 Å². The van der Waals surface area contributed by atoms with Crippen LogP contribution in [0.3, 0.4) is 0 Å². The van der Waals surface area contributed by atoms with E-state index in [0.717, 1.165) is 0 Å². The van der Waals surface area contributed by atoms with Crippen molar-refractivity contribution >= 4 is 111 Å². The number of hydrogen-bond acceptors (Lipinski definition) is 8. The number of pyridine rings is 2. The zero-order valence-corrected chi connectivity index (χ0v) is 38.6. The molecule has 0 radical (unpaired) electrons. The molecule has 0 amide bonds. The number of hydrogen-bond donors (Lipinski definition) is 0. The van der Waals surface area contributed by atoms with Crippen LogP contribution in [-0.4, -0.2) is 45.2 Å². The summed E-state index contributed by atoms with van der Waals surface area (Å²) in [5.41, 5.74) is -9.39. The first kappa shape index (κ1) is 52.8. The van der Waals surface area contributed by atoms with Gasteiger partial charge in [-0.25, -0.2) is 0 Å². The first-order valence-electron chi connectivity index (χ1n) is 16.3. The van der Waals surface area contributed by atoms with Gasteiger partial charge in [0.1, 0.15) is 24.3 Å². The first-order chi connectivity index (χ1) is 29.3. The zero-order chi connectivity index (χ0) is 48.3. The number of aromatic nitrogens is 2. The molecule has 7 rings (SSSR count). The molecule has 2 heterocycles. The van der Waals surface area contributed by atoms with Gasteiger partial charge < -0.3 is 19.3 Å². The summed E-state index contributed by atoms with van der Waals surface area (Å²) in [5, 5.41) is 52.7. The number of rotatable bonds is 6. The Morgan fingerprint density at radius 2 is 0.621 bits per heavy atom. The third-order valence-electron chi connectivity index (χ3n) is 10.4. The van der Waals surface area contributed by atoms with Crippen LogP contribution in [0.5, 0.6) is 11.8 Å². The van der Waals surface area contributed by atoms with Crippen molar-refractivity contribution in [1.29, 1.82) is 21.0 Å². The fourth-order valence-corrected chi connectivity index (χ4v) is 8.92. The maximum absolute atomic E-state index is 14.8. The fraction of sp³-hybridized carbons (Fsp3) is 0.222. The largest absolute Gasteiger partial charge is 1.00 e. The fourth-order valence-electron chi connectivity index (χ4n) is 7.61. The van der Waals surface area contributed by atoms with Crippen molar-refractivity contribution in [1.82, 2.24) is 9.13 Å². The van der Waals surface area contributed by atoms with Gasteiger partial charge in [0.2, 0.25) is 0 Å². The van der Waals surface area contributed by atoms with E-state index >= 15 is 0 Å². The Kier molecular flexibility index (Phi) is 13.0. The third kappa shape index (κ3) is 6.55. The second-order valence-corrected chi connectivity index (χ2v) is 15.2. The number of nitrogens with zero attached hydrogens (tertiary/aromatic N) is 6. The average molecular weight is 1040 g/mol. The van der Waals surface area contributed by atoms with Crippen LogP contribution in [0.15, 0.2) is 9.59 Å². The van der Waals surface area contributed by atoms with E-state index in [1.807, 2.05) is 0 Å². The second-order valence-electron chi connectivity index (χ2n) is 13.6. The van der Waals surface area contributed by atoms with E-state index < -0.39 is 188 Å². The average Bonchev–Trinajstić information content (AvgIpc) is 3.18. The van der Waals surface area contributed by atoms with E-state index in [4.69, 9.17) is 46.4 Å². The van der Waals surface area contributed by atoms with Crippen molar-refractivity contribution in [3.63, 3.8) is 0 Å². The van der Waals surface area contributed by atoms with Crippen molar-refractivity contribution in [3.8, 4) is 36.0 Å². The summed E-state index contributed by atoms with van der Waals surface area (Å²) in [6.07, 6.45) is -14.0. The second kappa shape index (κ2) is 16.2. The van der Waals surface area contributed by atoms with Gasteiger partial charge in [-0.05, 0) is 11.8 Å². The molecular weight excluding hydrogens is 1030 g/mol. The van der Waals surface area contributed by atoms with Crippen LogP contribution < -0.4 is 80.4 Å². The van der Waals surface area contributed by atoms with Gasteiger partial charge in [0, 0.05) is 53.9 Å². The molecular formula is C36H4Cl4F14N6Na2O4. The third-order valence-corrected chi connectivity index (χ3v) is 11.9. The van der Waals surface area contributed by atoms with E-state index in [2.05, 4.69) is 0 Å². The van der Waals surface area contributed by atoms with Crippen molar-refractivity contribution in [2.75, 3.05) is 0 Å². The number of nitriles is 4. The number of alkyl halides is 14. The summed E-state index contributed by atoms with van der Waals surface area (Å²) in [6, 6.07) is 5.35. The molecule has 0 atom stereocenters. The van der Waals surface area contributed by atoms with Gasteiger partial charge in [0.15, 0.2) is 0 Å². The number of halogens is 18. The van der Waals surface area contributed by atoms with E-state index in [9.17, 15) is 102 Å². The molecule has 0 N–H and O–H groups in total. The van der Waals surface area contributed by atoms with Crippen molar-refractivity contribution in [2.45, 2.75) is 49.1 Å². The van der Waals surface area contributed by atoms with Crippen molar-refractivity contribution in [3.05, 3.63) is 63.1 Å². The SMILES string of the molecule is N#Cc1c(Cl)c2c3c(Cl)c(C#N)c4c(=O)n(CC(F)(F)C(F)(F)C(F)(F)F)c([O-])c5c(C#N)c(Cl)c(c6c(Cl)c(C#N)c7c(=O)n(CC(F)(F)C(F)(F)C(F)(F)F)c([O-])c1c7c26)c3c54.[Na+].[Na+]. The zero-order valence-electron chi connectivity index (χ0n) is 31.5. The summed E-state index contributed by atoms with van der Waals surface area (Å²) in [7, 11) is 0. The monoisotopic (exact) mass is 1040 g/mol. The van der Waals surface area contributed by atoms with Crippen LogP contribution in [-0.2, 0) is 13.1 Å². The van der Waals surface area contributed by atoms with Crippen LogP contribution in [0.4, 0.5) is 61.5 Å². The molecule has 5 aromatic carbocycles. The van der Waals surface area contributed by atoms with Crippen LogP contribution in [0.1, 0.15) is 22.3 Å². The molecule has 330 valence electrons. The minimum atomic E-state index is -6.99. The number of benzene rings is 5. The standard InChI is InChI=1S/C36H6Cl4F14N6O4.2Na/c37-23-7(1-55)11-15-12(28(62)59(27(11)61)5-31(41,42)33(45,46)35(49,50)51)8(2-56)25(39)21-17(15)19(23)20-18-16-13(9(3-57)24(20)38)29(63)60(6-32(43,44)34(47,48)36(52,53)54)30(64)14(16)10(4-58)26(40)22(18)21;;/h61,64H,5-6H2;;/q;2*+1/p-2. The van der Waals surface area contributed by atoms with Crippen molar-refractivity contribution < 1.29 is 131 Å². The Labute approximate surface area is 417 Å². The molecule has 2 aromatic heterocycles. The summed E-state index contributed by atoms with van der Waals surface area (Å²) >= 11 is 26.6. The number of fused-ring (bicyclic) bond motifs is 2. The van der Waals surface area contributed by atoms with Crippen LogP contribution in [0, 0.1) is 45.3 Å². The summed E-state index contributed by atoms with van der Waals surface area (Å²) < 4.78 is 193. The minimum Gasteiger partial charge on any atom is -0.859 e. The van der Waals surface area contributed by atoms with E-state index in [0.29, 0.717) is 0 Å². The molecule has 0 saturated heterocycles. The van der Waals surface area contributed by atoms with Gasteiger partial charge >= 0.3 is 95.2 Å². The Hall–Kier alpha value is -4.18. The van der Waals surface area contributed by atoms with Gasteiger partial charge in [-0.2, -0.15) is 82.5 Å². The molecule has 0 unspecified atom stereocenters. The Morgan fingerprint density at radius 1 is 0.409 bits per heavy atom. The molecule has 0 saturated carbocycles. The first-order valence-corrected chi connectivity index (χ1v) is 17.9. The molecule has 7 aromatic rings. The Morgan fingerprint density at radius 3 is 0.833 bits per heavy atom. The van der Waals surface area contributed by atoms with Gasteiger partial charge in [-0.3, -0.25) is 9.59 Å². The predicted octanol–water partition coefficient (Wildman–Crippen LogP) is 3.73. The van der Waals surface area contributed by atoms with E-state index in [1.54, 1.807) is 0 Å². The molecule has 0 aliphatic carbocycles. The molecule has 10 nitrogen and oxygen atoms in total. The Balaban J connectivity index is 0.00000408. The maximum atomic E-state index is 14.8. The Bertz CT molecular complexity index is 3370. The van der Waals surface area contributed by atoms with E-state index in [1.165, 1.54) is 24.3 Å². The summed E-state index contributed by atoms with van der Waals surface area (Å²) in [5.74, 6) is -30.9. The molecule has 66 heavy (non-hydrogen) atoms. The van der Waals surface area contributed by atoms with Gasteiger partial charge in [0.05, 0.1) is 66.2 Å². The molecule has 0 spiro atoms. The molecule has 0 fully saturated rings. The van der Waals surface area contributed by atoms with E-state index in [-0.39, 0.29) is 59.1 Å². The molecule has 0 bridgehead atoms. The predicted molar refractivity (Wildman–Crippen MR) is 192 cm³/mol. The summed E-state index contributed by atoms with van der Waals surface area (Å²) in [4.78, 5) is 28.0. The van der Waals surface area contributed by atoms with Gasteiger partial charge in [-0.15, -0.1) is 0 Å². The maximum Gasteiger partial charge on any atom is 1.00 e. The van der Waals surface area contributed by atoms with Gasteiger partial charge in [-0.1, -0.05) is 46.4 Å². The van der Waals surface area contributed by atoms with Gasteiger partial charge in [0.25, 0.3) is 11.1 Å². The van der Waals surface area contributed by atoms with Crippen LogP contribution in [0.2, 0.25) is 20.1 Å². The van der Waals surface area contributed by atoms with Crippen LogP contribution >= 0.6 is 46.4 Å².